The molecular formula is C13H18N2O4. The number of benzene rings is 1. The number of anilines is 1. The average molecular weight is 266 g/mol. The molecule has 0 aromatic heterocycles. The second-order valence-corrected chi connectivity index (χ2v) is 4.43. The van der Waals surface area contributed by atoms with Crippen molar-refractivity contribution in [2.45, 2.75) is 26.7 Å². The van der Waals surface area contributed by atoms with E-state index in [1.807, 2.05) is 6.92 Å². The number of carboxylic acid groups (broad SMARTS) is 1. The molecule has 1 aromatic carbocycles. The van der Waals surface area contributed by atoms with Gasteiger partial charge in [-0.1, -0.05) is 25.5 Å². The summed E-state index contributed by atoms with van der Waals surface area (Å²) in [7, 11) is 0. The van der Waals surface area contributed by atoms with Gasteiger partial charge in [0.15, 0.2) is 0 Å². The zero-order valence-corrected chi connectivity index (χ0v) is 11.0. The normalized spacial score (nSPS) is 11.9. The Hall–Kier alpha value is -2.11. The number of carbonyl (C=O) groups is 1. The van der Waals surface area contributed by atoms with Crippen molar-refractivity contribution in [3.63, 3.8) is 0 Å². The van der Waals surface area contributed by atoms with E-state index in [2.05, 4.69) is 5.32 Å². The van der Waals surface area contributed by atoms with Gasteiger partial charge in [-0.15, -0.1) is 0 Å². The Bertz CT molecular complexity index is 474. The standard InChI is InChI=1S/C13H18N2O4/c1-3-5-10(13(16)17)8-14-12-9(2)6-4-7-11(12)15(18)19/h4,6-7,10,14H,3,5,8H2,1-2H3,(H,16,17). The molecule has 6 nitrogen and oxygen atoms in total. The molecule has 6 heteroatoms. The fourth-order valence-electron chi connectivity index (χ4n) is 1.92. The first-order chi connectivity index (χ1) is 8.97. The van der Waals surface area contributed by atoms with E-state index in [9.17, 15) is 14.9 Å². The van der Waals surface area contributed by atoms with Crippen molar-refractivity contribution in [3.05, 3.63) is 33.9 Å². The predicted octanol–water partition coefficient (Wildman–Crippen LogP) is 2.82. The highest BCUT2D eigenvalue weighted by atomic mass is 16.6. The summed E-state index contributed by atoms with van der Waals surface area (Å²) in [6.45, 7) is 3.85. The molecule has 19 heavy (non-hydrogen) atoms. The number of nitro benzene ring substituents is 1. The molecule has 0 saturated heterocycles. The summed E-state index contributed by atoms with van der Waals surface area (Å²) in [5, 5.41) is 22.9. The van der Waals surface area contributed by atoms with Gasteiger partial charge in [-0.25, -0.2) is 0 Å². The first-order valence-corrected chi connectivity index (χ1v) is 6.18. The lowest BCUT2D eigenvalue weighted by Gasteiger charge is -2.14. The first-order valence-electron chi connectivity index (χ1n) is 6.18. The summed E-state index contributed by atoms with van der Waals surface area (Å²) in [5.41, 5.74) is 1.10. The summed E-state index contributed by atoms with van der Waals surface area (Å²) in [5.74, 6) is -1.42. The van der Waals surface area contributed by atoms with Gasteiger partial charge in [0.25, 0.3) is 5.69 Å². The number of hydrogen-bond acceptors (Lipinski definition) is 4. The molecule has 0 spiro atoms. The summed E-state index contributed by atoms with van der Waals surface area (Å²) in [4.78, 5) is 21.5. The maximum Gasteiger partial charge on any atom is 0.308 e. The maximum absolute atomic E-state index is 11.0. The SMILES string of the molecule is CCCC(CNc1c(C)cccc1[N+](=O)[O-])C(=O)O. The van der Waals surface area contributed by atoms with Crippen LogP contribution in [0.5, 0.6) is 0 Å². The van der Waals surface area contributed by atoms with E-state index in [-0.39, 0.29) is 12.2 Å². The van der Waals surface area contributed by atoms with E-state index in [0.717, 1.165) is 12.0 Å². The van der Waals surface area contributed by atoms with Gasteiger partial charge in [0.1, 0.15) is 5.69 Å². The number of para-hydroxylation sites is 1. The molecule has 1 aromatic rings. The predicted molar refractivity (Wildman–Crippen MR) is 72.4 cm³/mol. The lowest BCUT2D eigenvalue weighted by atomic mass is 10.0. The molecule has 1 atom stereocenters. The second-order valence-electron chi connectivity index (χ2n) is 4.43. The van der Waals surface area contributed by atoms with Gasteiger partial charge in [-0.2, -0.15) is 0 Å². The van der Waals surface area contributed by atoms with E-state index in [1.165, 1.54) is 6.07 Å². The topological polar surface area (TPSA) is 92.5 Å². The van der Waals surface area contributed by atoms with E-state index >= 15 is 0 Å². The Morgan fingerprint density at radius 2 is 2.21 bits per heavy atom. The summed E-state index contributed by atoms with van der Waals surface area (Å²) in [6, 6.07) is 4.77. The number of aliphatic carboxylic acids is 1. The molecule has 0 aliphatic carbocycles. The molecule has 1 unspecified atom stereocenters. The molecule has 0 saturated carbocycles. The van der Waals surface area contributed by atoms with Crippen LogP contribution in [-0.2, 0) is 4.79 Å². The van der Waals surface area contributed by atoms with Gasteiger partial charge in [-0.05, 0) is 18.9 Å². The van der Waals surface area contributed by atoms with E-state index in [1.54, 1.807) is 19.1 Å². The molecule has 104 valence electrons. The van der Waals surface area contributed by atoms with Crippen molar-refractivity contribution in [2.75, 3.05) is 11.9 Å². The Morgan fingerprint density at radius 3 is 2.74 bits per heavy atom. The number of nitrogens with one attached hydrogen (secondary N) is 1. The molecule has 0 heterocycles. The minimum absolute atomic E-state index is 0.0272. The van der Waals surface area contributed by atoms with Gasteiger partial charge < -0.3 is 10.4 Å². The van der Waals surface area contributed by atoms with E-state index in [0.29, 0.717) is 12.1 Å². The molecule has 1 rings (SSSR count). The number of rotatable bonds is 7. The lowest BCUT2D eigenvalue weighted by Crippen LogP contribution is -2.23. The van der Waals surface area contributed by atoms with Crippen LogP contribution in [0.3, 0.4) is 0 Å². The third-order valence-corrected chi connectivity index (χ3v) is 2.96. The number of aryl methyl sites for hydroxylation is 1. The van der Waals surface area contributed by atoms with Crippen molar-refractivity contribution < 1.29 is 14.8 Å². The fourth-order valence-corrected chi connectivity index (χ4v) is 1.92. The van der Waals surface area contributed by atoms with Gasteiger partial charge in [-0.3, -0.25) is 14.9 Å². The minimum Gasteiger partial charge on any atom is -0.481 e. The molecule has 0 aliphatic heterocycles. The first kappa shape index (κ1) is 14.9. The largest absolute Gasteiger partial charge is 0.481 e. The second kappa shape index (κ2) is 6.72. The van der Waals surface area contributed by atoms with Crippen molar-refractivity contribution in [2.24, 2.45) is 5.92 Å². The van der Waals surface area contributed by atoms with Gasteiger partial charge >= 0.3 is 5.97 Å². The van der Waals surface area contributed by atoms with Crippen molar-refractivity contribution >= 4 is 17.3 Å². The zero-order chi connectivity index (χ0) is 14.4. The average Bonchev–Trinajstić information content (AvgIpc) is 2.34. The summed E-state index contributed by atoms with van der Waals surface area (Å²) < 4.78 is 0. The van der Waals surface area contributed by atoms with Gasteiger partial charge in [0, 0.05) is 12.6 Å². The van der Waals surface area contributed by atoms with Crippen molar-refractivity contribution in [1.29, 1.82) is 0 Å². The summed E-state index contributed by atoms with van der Waals surface area (Å²) in [6.07, 6.45) is 1.30. The smallest absolute Gasteiger partial charge is 0.308 e. The third kappa shape index (κ3) is 3.94. The van der Waals surface area contributed by atoms with Crippen LogP contribution in [0.1, 0.15) is 25.3 Å². The number of nitro groups is 1. The van der Waals surface area contributed by atoms with Crippen LogP contribution in [0, 0.1) is 23.0 Å². The molecule has 2 N–H and O–H groups in total. The Balaban J connectivity index is 2.87. The molecular weight excluding hydrogens is 248 g/mol. The maximum atomic E-state index is 11.0. The highest BCUT2D eigenvalue weighted by molar-refractivity contribution is 5.72. The quantitative estimate of drug-likeness (QED) is 0.584. The lowest BCUT2D eigenvalue weighted by molar-refractivity contribution is -0.384. The van der Waals surface area contributed by atoms with Crippen LogP contribution in [0.15, 0.2) is 18.2 Å². The van der Waals surface area contributed by atoms with E-state index < -0.39 is 16.8 Å². The van der Waals surface area contributed by atoms with Crippen LogP contribution < -0.4 is 5.32 Å². The van der Waals surface area contributed by atoms with Crippen molar-refractivity contribution in [3.8, 4) is 0 Å². The van der Waals surface area contributed by atoms with Gasteiger partial charge in [0.2, 0.25) is 0 Å². The molecule has 0 bridgehead atoms. The van der Waals surface area contributed by atoms with Gasteiger partial charge in [0.05, 0.1) is 10.8 Å². The molecule has 0 aliphatic rings. The highest BCUT2D eigenvalue weighted by Crippen LogP contribution is 2.28. The monoisotopic (exact) mass is 266 g/mol. The van der Waals surface area contributed by atoms with Crippen LogP contribution in [0.4, 0.5) is 11.4 Å². The molecule has 0 radical (unpaired) electrons. The van der Waals surface area contributed by atoms with Crippen LogP contribution in [0.2, 0.25) is 0 Å². The Labute approximate surface area is 111 Å². The van der Waals surface area contributed by atoms with Crippen molar-refractivity contribution in [1.82, 2.24) is 0 Å². The van der Waals surface area contributed by atoms with Crippen LogP contribution >= 0.6 is 0 Å². The highest BCUT2D eigenvalue weighted by Gasteiger charge is 2.20. The molecule has 0 fully saturated rings. The van der Waals surface area contributed by atoms with Crippen LogP contribution in [0.25, 0.3) is 0 Å². The number of hydrogen-bond donors (Lipinski definition) is 2. The summed E-state index contributed by atoms with van der Waals surface area (Å²) >= 11 is 0. The zero-order valence-electron chi connectivity index (χ0n) is 11.0. The minimum atomic E-state index is -0.884. The van der Waals surface area contributed by atoms with Crippen LogP contribution in [-0.4, -0.2) is 22.5 Å². The Kier molecular flexibility index (Phi) is 5.29. The number of carboxylic acids is 1. The third-order valence-electron chi connectivity index (χ3n) is 2.96. The van der Waals surface area contributed by atoms with E-state index in [4.69, 9.17) is 5.11 Å². The number of nitrogens with zero attached hydrogens (tertiary/aromatic N) is 1. The fraction of sp³-hybridized carbons (Fsp3) is 0.462. The molecule has 0 amide bonds. The Morgan fingerprint density at radius 1 is 1.53 bits per heavy atom.